The molecule has 29 heavy (non-hydrogen) atoms. The SMILES string of the molecule is CCCC1(C)/C(=C\C=O)CCC2C1CCC1(C)C(C(C)/C=C/C(=O)OC)CCC21. The van der Waals surface area contributed by atoms with Gasteiger partial charge in [0.2, 0.25) is 0 Å². The molecule has 162 valence electrons. The van der Waals surface area contributed by atoms with E-state index in [1.165, 1.54) is 57.6 Å². The number of carbonyl (C=O) groups excluding carboxylic acids is 2. The van der Waals surface area contributed by atoms with Crippen molar-refractivity contribution in [2.24, 2.45) is 40.4 Å². The second-order valence-corrected chi connectivity index (χ2v) is 10.4. The fraction of sp³-hybridized carbons (Fsp3) is 0.769. The first-order valence-corrected chi connectivity index (χ1v) is 11.7. The molecule has 0 aromatic carbocycles. The summed E-state index contributed by atoms with van der Waals surface area (Å²) in [4.78, 5) is 22.9. The van der Waals surface area contributed by atoms with Gasteiger partial charge in [-0.3, -0.25) is 4.79 Å². The summed E-state index contributed by atoms with van der Waals surface area (Å²) >= 11 is 0. The van der Waals surface area contributed by atoms with Crippen molar-refractivity contribution in [3.63, 3.8) is 0 Å². The Bertz CT molecular complexity index is 677. The van der Waals surface area contributed by atoms with E-state index in [2.05, 4.69) is 33.8 Å². The highest BCUT2D eigenvalue weighted by Crippen LogP contribution is 2.67. The average Bonchev–Trinajstić information content (AvgIpc) is 3.05. The number of methoxy groups -OCH3 is 1. The van der Waals surface area contributed by atoms with Gasteiger partial charge < -0.3 is 4.74 Å². The van der Waals surface area contributed by atoms with Gasteiger partial charge in [0.1, 0.15) is 6.29 Å². The Labute approximate surface area is 177 Å². The number of aldehydes is 1. The third kappa shape index (κ3) is 3.86. The van der Waals surface area contributed by atoms with Gasteiger partial charge in [-0.2, -0.15) is 0 Å². The molecule has 0 N–H and O–H groups in total. The molecular weight excluding hydrogens is 360 g/mol. The lowest BCUT2D eigenvalue weighted by Crippen LogP contribution is -2.50. The molecule has 0 spiro atoms. The Morgan fingerprint density at radius 2 is 1.97 bits per heavy atom. The van der Waals surface area contributed by atoms with Crippen LogP contribution >= 0.6 is 0 Å². The number of esters is 1. The number of carbonyl (C=O) groups is 2. The van der Waals surface area contributed by atoms with E-state index in [4.69, 9.17) is 4.74 Å². The van der Waals surface area contributed by atoms with E-state index in [1.54, 1.807) is 6.08 Å². The number of allylic oxidation sites excluding steroid dienone is 3. The smallest absolute Gasteiger partial charge is 0.330 e. The summed E-state index contributed by atoms with van der Waals surface area (Å²) in [5, 5.41) is 0. The van der Waals surface area contributed by atoms with Crippen LogP contribution in [0.3, 0.4) is 0 Å². The van der Waals surface area contributed by atoms with Crippen molar-refractivity contribution in [2.45, 2.75) is 79.1 Å². The molecule has 0 bridgehead atoms. The molecule has 0 aromatic rings. The van der Waals surface area contributed by atoms with Gasteiger partial charge in [0, 0.05) is 6.08 Å². The first-order valence-electron chi connectivity index (χ1n) is 11.7. The molecule has 3 saturated carbocycles. The van der Waals surface area contributed by atoms with Crippen molar-refractivity contribution in [1.29, 1.82) is 0 Å². The topological polar surface area (TPSA) is 43.4 Å². The third-order valence-electron chi connectivity index (χ3n) is 9.22. The molecule has 3 aliphatic carbocycles. The minimum atomic E-state index is -0.252. The molecule has 3 fully saturated rings. The highest BCUT2D eigenvalue weighted by Gasteiger charge is 2.58. The Hall–Kier alpha value is -1.38. The lowest BCUT2D eigenvalue weighted by atomic mass is 9.47. The van der Waals surface area contributed by atoms with E-state index in [9.17, 15) is 9.59 Å². The minimum absolute atomic E-state index is 0.189. The Morgan fingerprint density at radius 3 is 2.62 bits per heavy atom. The molecular formula is C26H40O3. The average molecular weight is 401 g/mol. The molecule has 0 aliphatic heterocycles. The van der Waals surface area contributed by atoms with Crippen LogP contribution in [-0.4, -0.2) is 19.4 Å². The predicted molar refractivity (Wildman–Crippen MR) is 117 cm³/mol. The van der Waals surface area contributed by atoms with Crippen molar-refractivity contribution < 1.29 is 14.3 Å². The van der Waals surface area contributed by atoms with Crippen LogP contribution in [0.1, 0.15) is 79.1 Å². The Balaban J connectivity index is 1.84. The first kappa shape index (κ1) is 22.3. The quantitative estimate of drug-likeness (QED) is 0.306. The van der Waals surface area contributed by atoms with Crippen molar-refractivity contribution >= 4 is 12.3 Å². The molecule has 7 unspecified atom stereocenters. The van der Waals surface area contributed by atoms with Crippen LogP contribution in [0.15, 0.2) is 23.8 Å². The van der Waals surface area contributed by atoms with Crippen LogP contribution in [0.25, 0.3) is 0 Å². The molecule has 0 saturated heterocycles. The second-order valence-electron chi connectivity index (χ2n) is 10.4. The maximum Gasteiger partial charge on any atom is 0.330 e. The standard InChI is InChI=1S/C26H40O3/c1-6-15-25(3)19(14-17-27)8-9-20-22-11-10-21(18(2)7-12-24(28)29-5)26(22,4)16-13-23(20)25/h7,12,14,17-18,20-23H,6,8-11,13,15-16H2,1-5H3/b12-7+,19-14-. The lowest BCUT2D eigenvalue weighted by molar-refractivity contribution is -0.134. The van der Waals surface area contributed by atoms with E-state index in [0.717, 1.165) is 24.5 Å². The van der Waals surface area contributed by atoms with Gasteiger partial charge in [0.15, 0.2) is 0 Å². The van der Waals surface area contributed by atoms with Gasteiger partial charge in [-0.1, -0.05) is 45.8 Å². The normalized spacial score (nSPS) is 41.8. The summed E-state index contributed by atoms with van der Waals surface area (Å²) in [6.07, 6.45) is 16.4. The maximum absolute atomic E-state index is 11.6. The van der Waals surface area contributed by atoms with Crippen molar-refractivity contribution in [3.05, 3.63) is 23.8 Å². The number of fused-ring (bicyclic) bond motifs is 3. The molecule has 0 heterocycles. The number of hydrogen-bond donors (Lipinski definition) is 0. The van der Waals surface area contributed by atoms with Gasteiger partial charge in [0.25, 0.3) is 0 Å². The van der Waals surface area contributed by atoms with Crippen LogP contribution in [0.4, 0.5) is 0 Å². The molecule has 3 rings (SSSR count). The maximum atomic E-state index is 11.6. The largest absolute Gasteiger partial charge is 0.466 e. The van der Waals surface area contributed by atoms with Gasteiger partial charge in [-0.25, -0.2) is 4.79 Å². The molecule has 3 heteroatoms. The fourth-order valence-electron chi connectivity index (χ4n) is 7.88. The van der Waals surface area contributed by atoms with Crippen LogP contribution in [0.5, 0.6) is 0 Å². The van der Waals surface area contributed by atoms with Crippen LogP contribution in [0, 0.1) is 40.4 Å². The molecule has 0 amide bonds. The molecule has 0 radical (unpaired) electrons. The zero-order chi connectivity index (χ0) is 21.2. The molecule has 3 nitrogen and oxygen atoms in total. The number of rotatable bonds is 6. The highest BCUT2D eigenvalue weighted by molar-refractivity contribution is 5.81. The summed E-state index contributed by atoms with van der Waals surface area (Å²) in [6, 6.07) is 0. The Morgan fingerprint density at radius 1 is 1.21 bits per heavy atom. The highest BCUT2D eigenvalue weighted by atomic mass is 16.5. The summed E-state index contributed by atoms with van der Waals surface area (Å²) in [5.41, 5.74) is 1.96. The fourth-order valence-corrected chi connectivity index (χ4v) is 7.88. The van der Waals surface area contributed by atoms with Gasteiger partial charge >= 0.3 is 5.97 Å². The van der Waals surface area contributed by atoms with E-state index < -0.39 is 0 Å². The second kappa shape index (κ2) is 8.78. The summed E-state index contributed by atoms with van der Waals surface area (Å²) in [7, 11) is 1.44. The molecule has 0 aromatic heterocycles. The third-order valence-corrected chi connectivity index (χ3v) is 9.22. The van der Waals surface area contributed by atoms with Crippen molar-refractivity contribution in [1.82, 2.24) is 0 Å². The van der Waals surface area contributed by atoms with Crippen molar-refractivity contribution in [3.8, 4) is 0 Å². The van der Waals surface area contributed by atoms with E-state index in [-0.39, 0.29) is 11.4 Å². The van der Waals surface area contributed by atoms with Gasteiger partial charge in [-0.05, 0) is 91.4 Å². The minimum Gasteiger partial charge on any atom is -0.466 e. The van der Waals surface area contributed by atoms with E-state index in [1.807, 2.05) is 6.08 Å². The van der Waals surface area contributed by atoms with Crippen LogP contribution in [0.2, 0.25) is 0 Å². The number of hydrogen-bond acceptors (Lipinski definition) is 3. The predicted octanol–water partition coefficient (Wildman–Crippen LogP) is 6.14. The van der Waals surface area contributed by atoms with Crippen LogP contribution in [-0.2, 0) is 14.3 Å². The summed E-state index contributed by atoms with van der Waals surface area (Å²) in [6.45, 7) is 9.53. The van der Waals surface area contributed by atoms with E-state index in [0.29, 0.717) is 23.2 Å². The zero-order valence-corrected chi connectivity index (χ0v) is 19.1. The molecule has 3 aliphatic rings. The zero-order valence-electron chi connectivity index (χ0n) is 19.1. The van der Waals surface area contributed by atoms with Crippen LogP contribution < -0.4 is 0 Å². The van der Waals surface area contributed by atoms with Crippen molar-refractivity contribution in [2.75, 3.05) is 7.11 Å². The van der Waals surface area contributed by atoms with Gasteiger partial charge in [-0.15, -0.1) is 0 Å². The monoisotopic (exact) mass is 400 g/mol. The Kier molecular flexibility index (Phi) is 6.75. The van der Waals surface area contributed by atoms with Gasteiger partial charge in [0.05, 0.1) is 7.11 Å². The number of ether oxygens (including phenoxy) is 1. The molecule has 7 atom stereocenters. The first-order chi connectivity index (χ1) is 13.8. The summed E-state index contributed by atoms with van der Waals surface area (Å²) in [5.74, 6) is 3.04. The van der Waals surface area contributed by atoms with E-state index >= 15 is 0 Å². The lowest BCUT2D eigenvalue weighted by Gasteiger charge is -2.58. The summed E-state index contributed by atoms with van der Waals surface area (Å²) < 4.78 is 4.79.